The molecule has 3 aromatic rings. The van der Waals surface area contributed by atoms with Gasteiger partial charge in [-0.1, -0.05) is 29.8 Å². The number of hydrogen-bond acceptors (Lipinski definition) is 2. The Kier molecular flexibility index (Phi) is 4.90. The van der Waals surface area contributed by atoms with Crippen LogP contribution in [0.5, 0.6) is 0 Å². The Morgan fingerprint density at radius 1 is 0.958 bits per heavy atom. The fourth-order valence-electron chi connectivity index (χ4n) is 2.78. The molecular formula is C21H24N3+. The number of hydrogen-bond donors (Lipinski definition) is 1. The van der Waals surface area contributed by atoms with Crippen molar-refractivity contribution in [2.45, 2.75) is 33.7 Å². The molecule has 0 amide bonds. The molecule has 1 N–H and O–H groups in total. The van der Waals surface area contributed by atoms with Gasteiger partial charge in [0.05, 0.1) is 5.69 Å². The van der Waals surface area contributed by atoms with Gasteiger partial charge < -0.3 is 0 Å². The standard InChI is InChI=1S/C21H24N3/c1-16-8-12-20(13-9-16)23-22-17(2)14-15-24-18(3)10-11-19-6-4-5-7-21(19)24/h4-13,23H,14-15H2,1-3H3/q+1. The number of hydrazone groups is 1. The van der Waals surface area contributed by atoms with Gasteiger partial charge in [0, 0.05) is 36.6 Å². The number of benzene rings is 2. The zero-order valence-corrected chi connectivity index (χ0v) is 14.6. The molecule has 3 rings (SSSR count). The van der Waals surface area contributed by atoms with E-state index in [1.807, 2.05) is 0 Å². The first kappa shape index (κ1) is 16.2. The topological polar surface area (TPSA) is 28.3 Å². The third kappa shape index (κ3) is 3.80. The summed E-state index contributed by atoms with van der Waals surface area (Å²) in [5.41, 5.74) is 9.05. The minimum Gasteiger partial charge on any atom is -0.279 e. The third-order valence-corrected chi connectivity index (χ3v) is 4.28. The van der Waals surface area contributed by atoms with E-state index in [9.17, 15) is 0 Å². The van der Waals surface area contributed by atoms with Crippen molar-refractivity contribution in [1.29, 1.82) is 0 Å². The van der Waals surface area contributed by atoms with Crippen LogP contribution in [-0.4, -0.2) is 5.71 Å². The lowest BCUT2D eigenvalue weighted by atomic mass is 10.2. The molecule has 0 aliphatic carbocycles. The highest BCUT2D eigenvalue weighted by molar-refractivity contribution is 5.82. The van der Waals surface area contributed by atoms with Crippen LogP contribution in [0.3, 0.4) is 0 Å². The zero-order chi connectivity index (χ0) is 16.9. The molecule has 1 heterocycles. The van der Waals surface area contributed by atoms with Crippen LogP contribution in [0.1, 0.15) is 24.6 Å². The quantitative estimate of drug-likeness (QED) is 0.415. The highest BCUT2D eigenvalue weighted by Gasteiger charge is 2.12. The van der Waals surface area contributed by atoms with E-state index in [0.29, 0.717) is 0 Å². The Labute approximate surface area is 143 Å². The summed E-state index contributed by atoms with van der Waals surface area (Å²) in [6.45, 7) is 7.24. The monoisotopic (exact) mass is 318 g/mol. The lowest BCUT2D eigenvalue weighted by Gasteiger charge is -2.06. The Bertz CT molecular complexity index is 864. The van der Waals surface area contributed by atoms with E-state index in [1.54, 1.807) is 0 Å². The number of para-hydroxylation sites is 1. The molecule has 0 aliphatic rings. The summed E-state index contributed by atoms with van der Waals surface area (Å²) in [5.74, 6) is 0. The van der Waals surface area contributed by atoms with Crippen molar-refractivity contribution in [3.63, 3.8) is 0 Å². The molecular weight excluding hydrogens is 294 g/mol. The summed E-state index contributed by atoms with van der Waals surface area (Å²) >= 11 is 0. The molecule has 0 aliphatic heterocycles. The zero-order valence-electron chi connectivity index (χ0n) is 14.6. The molecule has 0 radical (unpaired) electrons. The molecule has 3 nitrogen and oxygen atoms in total. The van der Waals surface area contributed by atoms with Crippen LogP contribution in [0.2, 0.25) is 0 Å². The van der Waals surface area contributed by atoms with E-state index >= 15 is 0 Å². The molecule has 0 spiro atoms. The second-order valence-electron chi connectivity index (χ2n) is 6.26. The van der Waals surface area contributed by atoms with Crippen LogP contribution < -0.4 is 9.99 Å². The number of aromatic nitrogens is 1. The van der Waals surface area contributed by atoms with Gasteiger partial charge >= 0.3 is 0 Å². The second-order valence-corrected chi connectivity index (χ2v) is 6.26. The fraction of sp³-hybridized carbons (Fsp3) is 0.238. The van der Waals surface area contributed by atoms with Gasteiger partial charge in [-0.15, -0.1) is 0 Å². The molecule has 24 heavy (non-hydrogen) atoms. The molecule has 1 aromatic heterocycles. The van der Waals surface area contributed by atoms with Crippen LogP contribution in [0.4, 0.5) is 5.69 Å². The van der Waals surface area contributed by atoms with Gasteiger partial charge in [-0.05, 0) is 38.1 Å². The van der Waals surface area contributed by atoms with E-state index in [4.69, 9.17) is 0 Å². The highest BCUT2D eigenvalue weighted by atomic mass is 15.3. The largest absolute Gasteiger partial charge is 0.279 e. The number of rotatable bonds is 5. The van der Waals surface area contributed by atoms with Crippen molar-refractivity contribution in [2.24, 2.45) is 5.10 Å². The Hall–Kier alpha value is -2.68. The van der Waals surface area contributed by atoms with E-state index in [0.717, 1.165) is 24.4 Å². The van der Waals surface area contributed by atoms with Gasteiger partial charge in [-0.25, -0.2) is 0 Å². The van der Waals surface area contributed by atoms with Crippen molar-refractivity contribution >= 4 is 22.3 Å². The van der Waals surface area contributed by atoms with Crippen LogP contribution in [0, 0.1) is 13.8 Å². The first-order chi connectivity index (χ1) is 11.6. The van der Waals surface area contributed by atoms with Gasteiger partial charge in [0.25, 0.3) is 0 Å². The fourth-order valence-corrected chi connectivity index (χ4v) is 2.78. The molecule has 2 aromatic carbocycles. The van der Waals surface area contributed by atoms with E-state index in [1.165, 1.54) is 22.2 Å². The van der Waals surface area contributed by atoms with Crippen LogP contribution in [0.15, 0.2) is 65.8 Å². The maximum absolute atomic E-state index is 4.50. The van der Waals surface area contributed by atoms with Gasteiger partial charge in [0.15, 0.2) is 12.2 Å². The summed E-state index contributed by atoms with van der Waals surface area (Å²) in [5, 5.41) is 5.78. The molecule has 0 fully saturated rings. The number of nitrogens with one attached hydrogen (secondary N) is 1. The minimum atomic E-state index is 0.915. The van der Waals surface area contributed by atoms with Crippen molar-refractivity contribution in [2.75, 3.05) is 5.43 Å². The normalized spacial score (nSPS) is 11.7. The molecule has 0 saturated carbocycles. The van der Waals surface area contributed by atoms with Crippen LogP contribution >= 0.6 is 0 Å². The van der Waals surface area contributed by atoms with E-state index in [2.05, 4.69) is 96.5 Å². The predicted octanol–water partition coefficient (Wildman–Crippen LogP) is 4.62. The maximum Gasteiger partial charge on any atom is 0.212 e. The number of nitrogens with zero attached hydrogens (tertiary/aromatic N) is 2. The van der Waals surface area contributed by atoms with E-state index in [-0.39, 0.29) is 0 Å². The van der Waals surface area contributed by atoms with Gasteiger partial charge in [-0.3, -0.25) is 5.43 Å². The third-order valence-electron chi connectivity index (χ3n) is 4.28. The number of pyridine rings is 1. The summed E-state index contributed by atoms with van der Waals surface area (Å²) < 4.78 is 2.36. The van der Waals surface area contributed by atoms with Crippen LogP contribution in [-0.2, 0) is 6.54 Å². The van der Waals surface area contributed by atoms with Crippen LogP contribution in [0.25, 0.3) is 10.9 Å². The summed E-state index contributed by atoms with van der Waals surface area (Å²) in [6, 6.07) is 21.2. The lowest BCUT2D eigenvalue weighted by molar-refractivity contribution is -0.676. The predicted molar refractivity (Wildman–Crippen MR) is 101 cm³/mol. The molecule has 0 atom stereocenters. The first-order valence-corrected chi connectivity index (χ1v) is 8.37. The van der Waals surface area contributed by atoms with Gasteiger partial charge in [0.1, 0.15) is 0 Å². The molecule has 3 heteroatoms. The van der Waals surface area contributed by atoms with Crippen molar-refractivity contribution in [1.82, 2.24) is 0 Å². The molecule has 0 bridgehead atoms. The summed E-state index contributed by atoms with van der Waals surface area (Å²) in [7, 11) is 0. The lowest BCUT2D eigenvalue weighted by Crippen LogP contribution is -2.38. The summed E-state index contributed by atoms with van der Waals surface area (Å²) in [4.78, 5) is 0. The van der Waals surface area contributed by atoms with E-state index < -0.39 is 0 Å². The average molecular weight is 318 g/mol. The second kappa shape index (κ2) is 7.26. The first-order valence-electron chi connectivity index (χ1n) is 8.37. The minimum absolute atomic E-state index is 0.915. The maximum atomic E-state index is 4.50. The van der Waals surface area contributed by atoms with Crippen molar-refractivity contribution < 1.29 is 4.57 Å². The van der Waals surface area contributed by atoms with Gasteiger partial charge in [-0.2, -0.15) is 9.67 Å². The number of fused-ring (bicyclic) bond motifs is 1. The van der Waals surface area contributed by atoms with Gasteiger partial charge in [0.2, 0.25) is 5.52 Å². The molecule has 0 unspecified atom stereocenters. The highest BCUT2D eigenvalue weighted by Crippen LogP contribution is 2.11. The summed E-state index contributed by atoms with van der Waals surface area (Å²) in [6.07, 6.45) is 0.915. The smallest absolute Gasteiger partial charge is 0.212 e. The SMILES string of the molecule is CC(CC[n+]1c(C)ccc2ccccc21)=NNc1ccc(C)cc1. The van der Waals surface area contributed by atoms with Crippen molar-refractivity contribution in [3.8, 4) is 0 Å². The molecule has 122 valence electrons. The number of aryl methyl sites for hydroxylation is 3. The Morgan fingerprint density at radius 2 is 1.71 bits per heavy atom. The van der Waals surface area contributed by atoms with Crippen molar-refractivity contribution in [3.05, 3.63) is 71.9 Å². The number of anilines is 1. The average Bonchev–Trinajstić information content (AvgIpc) is 2.60. The molecule has 0 saturated heterocycles. The Morgan fingerprint density at radius 3 is 2.50 bits per heavy atom. The Balaban J connectivity index is 1.70.